The van der Waals surface area contributed by atoms with Crippen molar-refractivity contribution in [2.24, 2.45) is 0 Å². The van der Waals surface area contributed by atoms with Crippen LogP contribution in [0.15, 0.2) is 24.5 Å². The molecule has 0 aliphatic carbocycles. The van der Waals surface area contributed by atoms with Gasteiger partial charge in [-0.15, -0.1) is 0 Å². The number of nitrogens with zero attached hydrogens (tertiary/aromatic N) is 4. The van der Waals surface area contributed by atoms with Crippen LogP contribution in [0.5, 0.6) is 0 Å². The number of nitro groups is 1. The zero-order chi connectivity index (χ0) is 16.6. The van der Waals surface area contributed by atoms with E-state index in [9.17, 15) is 19.7 Å². The van der Waals surface area contributed by atoms with E-state index in [4.69, 9.17) is 0 Å². The van der Waals surface area contributed by atoms with Gasteiger partial charge in [0.25, 0.3) is 5.69 Å². The predicted octanol–water partition coefficient (Wildman–Crippen LogP) is 1.02. The number of aromatic nitrogens is 3. The SMILES string of the molecule is Cc1cc([N+](=O)[O-])ccc1NC(=O)C1CC(=O)Nc2ncnn21. The lowest BCUT2D eigenvalue weighted by atomic mass is 10.1. The minimum atomic E-state index is -0.823. The van der Waals surface area contributed by atoms with E-state index >= 15 is 0 Å². The van der Waals surface area contributed by atoms with Crippen molar-refractivity contribution < 1.29 is 14.5 Å². The molecule has 1 aliphatic rings. The molecule has 1 aromatic carbocycles. The van der Waals surface area contributed by atoms with Crippen LogP contribution in [0.4, 0.5) is 17.3 Å². The van der Waals surface area contributed by atoms with Crippen LogP contribution in [-0.2, 0) is 9.59 Å². The van der Waals surface area contributed by atoms with Crippen LogP contribution >= 0.6 is 0 Å². The van der Waals surface area contributed by atoms with Gasteiger partial charge >= 0.3 is 0 Å². The highest BCUT2D eigenvalue weighted by atomic mass is 16.6. The van der Waals surface area contributed by atoms with Gasteiger partial charge in [-0.3, -0.25) is 25.0 Å². The average Bonchev–Trinajstić information content (AvgIpc) is 2.96. The van der Waals surface area contributed by atoms with Crippen molar-refractivity contribution in [1.82, 2.24) is 14.8 Å². The molecule has 0 saturated carbocycles. The Balaban J connectivity index is 1.83. The molecule has 1 aromatic heterocycles. The first-order valence-electron chi connectivity index (χ1n) is 6.71. The maximum atomic E-state index is 12.4. The van der Waals surface area contributed by atoms with E-state index in [1.165, 1.54) is 29.2 Å². The number of amides is 2. The highest BCUT2D eigenvalue weighted by molar-refractivity contribution is 6.01. The minimum absolute atomic E-state index is 0.0592. The Morgan fingerprint density at radius 3 is 3.00 bits per heavy atom. The molecule has 1 aliphatic heterocycles. The number of fused-ring (bicyclic) bond motifs is 1. The number of rotatable bonds is 3. The van der Waals surface area contributed by atoms with Crippen LogP contribution in [0.1, 0.15) is 18.0 Å². The largest absolute Gasteiger partial charge is 0.324 e. The molecule has 10 nitrogen and oxygen atoms in total. The third kappa shape index (κ3) is 2.73. The van der Waals surface area contributed by atoms with Gasteiger partial charge in [-0.1, -0.05) is 0 Å². The van der Waals surface area contributed by atoms with Gasteiger partial charge in [-0.25, -0.2) is 4.68 Å². The standard InChI is InChI=1S/C13H12N6O4/c1-7-4-8(19(22)23)2-3-9(7)16-12(21)10-5-11(20)17-13-14-6-15-18(10)13/h2-4,6,10H,5H2,1H3,(H,16,21)(H,14,15,17,20). The van der Waals surface area contributed by atoms with Crippen LogP contribution in [0.25, 0.3) is 0 Å². The number of aryl methyl sites for hydroxylation is 1. The Bertz CT molecular complexity index is 815. The summed E-state index contributed by atoms with van der Waals surface area (Å²) in [5.74, 6) is -0.559. The van der Waals surface area contributed by atoms with Gasteiger partial charge in [0.1, 0.15) is 12.4 Å². The van der Waals surface area contributed by atoms with Crippen LogP contribution in [0.3, 0.4) is 0 Å². The Labute approximate surface area is 129 Å². The molecular weight excluding hydrogens is 304 g/mol. The Morgan fingerprint density at radius 2 is 2.30 bits per heavy atom. The molecule has 0 fully saturated rings. The first-order chi connectivity index (χ1) is 11.0. The third-order valence-corrected chi connectivity index (χ3v) is 3.48. The second-order valence-electron chi connectivity index (χ2n) is 5.04. The normalized spacial score (nSPS) is 16.4. The average molecular weight is 316 g/mol. The Morgan fingerprint density at radius 1 is 1.52 bits per heavy atom. The molecule has 0 saturated heterocycles. The molecule has 2 aromatic rings. The third-order valence-electron chi connectivity index (χ3n) is 3.48. The number of non-ortho nitro benzene ring substituents is 1. The van der Waals surface area contributed by atoms with E-state index < -0.39 is 16.9 Å². The van der Waals surface area contributed by atoms with Gasteiger partial charge in [0.2, 0.25) is 17.8 Å². The van der Waals surface area contributed by atoms with Gasteiger partial charge < -0.3 is 5.32 Å². The molecule has 0 spiro atoms. The summed E-state index contributed by atoms with van der Waals surface area (Å²) in [6.45, 7) is 1.65. The number of carbonyl (C=O) groups is 2. The van der Waals surface area contributed by atoms with Crippen molar-refractivity contribution in [3.05, 3.63) is 40.2 Å². The number of anilines is 2. The van der Waals surface area contributed by atoms with Crippen LogP contribution < -0.4 is 10.6 Å². The van der Waals surface area contributed by atoms with Crippen molar-refractivity contribution in [2.45, 2.75) is 19.4 Å². The molecule has 10 heteroatoms. The zero-order valence-electron chi connectivity index (χ0n) is 12.0. The fourth-order valence-corrected chi connectivity index (χ4v) is 2.33. The van der Waals surface area contributed by atoms with Gasteiger partial charge in [-0.05, 0) is 18.6 Å². The molecule has 2 heterocycles. The van der Waals surface area contributed by atoms with E-state index in [1.54, 1.807) is 6.92 Å². The van der Waals surface area contributed by atoms with Crippen molar-refractivity contribution in [3.63, 3.8) is 0 Å². The molecule has 118 valence electrons. The number of hydrogen-bond donors (Lipinski definition) is 2. The molecule has 0 bridgehead atoms. The fourth-order valence-electron chi connectivity index (χ4n) is 2.33. The fraction of sp³-hybridized carbons (Fsp3) is 0.231. The molecular formula is C13H12N6O4. The minimum Gasteiger partial charge on any atom is -0.324 e. The summed E-state index contributed by atoms with van der Waals surface area (Å²) in [5.41, 5.74) is 0.927. The molecule has 3 rings (SSSR count). The maximum absolute atomic E-state index is 12.4. The summed E-state index contributed by atoms with van der Waals surface area (Å²) in [6.07, 6.45) is 1.19. The highest BCUT2D eigenvalue weighted by Crippen LogP contribution is 2.25. The quantitative estimate of drug-likeness (QED) is 0.641. The predicted molar refractivity (Wildman–Crippen MR) is 78.8 cm³/mol. The van der Waals surface area contributed by atoms with Gasteiger partial charge in [0, 0.05) is 17.8 Å². The first kappa shape index (κ1) is 14.6. The van der Waals surface area contributed by atoms with Crippen molar-refractivity contribution in [1.29, 1.82) is 0 Å². The number of hydrogen-bond acceptors (Lipinski definition) is 6. The molecule has 1 unspecified atom stereocenters. The van der Waals surface area contributed by atoms with Crippen molar-refractivity contribution in [2.75, 3.05) is 10.6 Å². The second-order valence-corrected chi connectivity index (χ2v) is 5.04. The summed E-state index contributed by atoms with van der Waals surface area (Å²) in [4.78, 5) is 38.1. The number of nitro benzene ring substituents is 1. The Kier molecular flexibility index (Phi) is 3.48. The monoisotopic (exact) mass is 316 g/mol. The van der Waals surface area contributed by atoms with E-state index in [2.05, 4.69) is 20.7 Å². The number of carbonyl (C=O) groups excluding carboxylic acids is 2. The lowest BCUT2D eigenvalue weighted by molar-refractivity contribution is -0.384. The van der Waals surface area contributed by atoms with Crippen LogP contribution in [-0.4, -0.2) is 31.5 Å². The van der Waals surface area contributed by atoms with Gasteiger partial charge in [0.15, 0.2) is 0 Å². The molecule has 2 amide bonds. The summed E-state index contributed by atoms with van der Waals surface area (Å²) >= 11 is 0. The highest BCUT2D eigenvalue weighted by Gasteiger charge is 2.32. The lowest BCUT2D eigenvalue weighted by Crippen LogP contribution is -2.36. The molecule has 0 radical (unpaired) electrons. The van der Waals surface area contributed by atoms with E-state index in [0.717, 1.165) is 0 Å². The van der Waals surface area contributed by atoms with E-state index in [1.807, 2.05) is 0 Å². The topological polar surface area (TPSA) is 132 Å². The van der Waals surface area contributed by atoms with Gasteiger partial charge in [-0.2, -0.15) is 10.1 Å². The second kappa shape index (κ2) is 5.48. The molecule has 23 heavy (non-hydrogen) atoms. The first-order valence-corrected chi connectivity index (χ1v) is 6.71. The summed E-state index contributed by atoms with van der Waals surface area (Å²) in [7, 11) is 0. The molecule has 1 atom stereocenters. The van der Waals surface area contributed by atoms with Gasteiger partial charge in [0.05, 0.1) is 11.3 Å². The van der Waals surface area contributed by atoms with E-state index in [-0.39, 0.29) is 24.0 Å². The summed E-state index contributed by atoms with van der Waals surface area (Å²) in [6, 6.07) is 3.30. The van der Waals surface area contributed by atoms with E-state index in [0.29, 0.717) is 11.3 Å². The number of benzene rings is 1. The smallest absolute Gasteiger partial charge is 0.269 e. The maximum Gasteiger partial charge on any atom is 0.269 e. The lowest BCUT2D eigenvalue weighted by Gasteiger charge is -2.22. The molecule has 2 N–H and O–H groups in total. The van der Waals surface area contributed by atoms with Crippen molar-refractivity contribution in [3.8, 4) is 0 Å². The summed E-state index contributed by atoms with van der Waals surface area (Å²) < 4.78 is 1.33. The Hall–Kier alpha value is -3.30. The van der Waals surface area contributed by atoms with Crippen molar-refractivity contribution >= 4 is 29.1 Å². The van der Waals surface area contributed by atoms with Crippen LogP contribution in [0.2, 0.25) is 0 Å². The zero-order valence-corrected chi connectivity index (χ0v) is 12.0. The van der Waals surface area contributed by atoms with Crippen LogP contribution in [0, 0.1) is 17.0 Å². The summed E-state index contributed by atoms with van der Waals surface area (Å²) in [5, 5.41) is 19.9. The number of nitrogens with one attached hydrogen (secondary N) is 2.